The highest BCUT2D eigenvalue weighted by atomic mass is 16.5. The van der Waals surface area contributed by atoms with Gasteiger partial charge in [-0.2, -0.15) is 0 Å². The highest BCUT2D eigenvalue weighted by Crippen LogP contribution is 2.30. The first kappa shape index (κ1) is 14.7. The zero-order valence-corrected chi connectivity index (χ0v) is 11.1. The number of hydrogen-bond donors (Lipinski definition) is 1. The van der Waals surface area contributed by atoms with Gasteiger partial charge in [-0.3, -0.25) is 4.79 Å². The van der Waals surface area contributed by atoms with Gasteiger partial charge in [-0.25, -0.2) is 0 Å². The van der Waals surface area contributed by atoms with Crippen LogP contribution >= 0.6 is 0 Å². The quantitative estimate of drug-likeness (QED) is 0.785. The maximum absolute atomic E-state index is 11.6. The summed E-state index contributed by atoms with van der Waals surface area (Å²) in [5, 5.41) is 10.7. The van der Waals surface area contributed by atoms with Gasteiger partial charge in [0.2, 0.25) is 0 Å². The van der Waals surface area contributed by atoms with Crippen LogP contribution in [0.3, 0.4) is 0 Å². The molecule has 2 atom stereocenters. The molecule has 0 aliphatic heterocycles. The Morgan fingerprint density at radius 1 is 1.39 bits per heavy atom. The van der Waals surface area contributed by atoms with Crippen molar-refractivity contribution in [1.82, 2.24) is 0 Å². The van der Waals surface area contributed by atoms with Crippen LogP contribution in [0.25, 0.3) is 0 Å². The summed E-state index contributed by atoms with van der Waals surface area (Å²) in [6, 6.07) is 9.02. The number of aliphatic hydroxyl groups is 1. The van der Waals surface area contributed by atoms with Crippen molar-refractivity contribution in [2.75, 3.05) is 13.7 Å². The van der Waals surface area contributed by atoms with Gasteiger partial charge in [0, 0.05) is 7.11 Å². The van der Waals surface area contributed by atoms with Gasteiger partial charge in [-0.05, 0) is 19.4 Å². The topological polar surface area (TPSA) is 55.8 Å². The van der Waals surface area contributed by atoms with E-state index in [-0.39, 0.29) is 6.42 Å². The van der Waals surface area contributed by atoms with Crippen molar-refractivity contribution in [1.29, 1.82) is 0 Å². The summed E-state index contributed by atoms with van der Waals surface area (Å²) in [4.78, 5) is 11.6. The Labute approximate surface area is 108 Å². The van der Waals surface area contributed by atoms with Crippen LogP contribution in [-0.2, 0) is 19.9 Å². The molecule has 1 N–H and O–H groups in total. The Hall–Kier alpha value is -1.39. The fourth-order valence-electron chi connectivity index (χ4n) is 1.83. The fraction of sp³-hybridized carbons (Fsp3) is 0.500. The molecule has 0 saturated carbocycles. The second-order valence-corrected chi connectivity index (χ2v) is 4.15. The van der Waals surface area contributed by atoms with E-state index in [0.29, 0.717) is 12.2 Å². The van der Waals surface area contributed by atoms with Crippen LogP contribution in [0.15, 0.2) is 30.3 Å². The summed E-state index contributed by atoms with van der Waals surface area (Å²) in [5.41, 5.74) is -0.727. The van der Waals surface area contributed by atoms with E-state index < -0.39 is 17.7 Å². The molecule has 0 aromatic heterocycles. The number of carbonyl (C=O) groups is 1. The van der Waals surface area contributed by atoms with Crippen molar-refractivity contribution >= 4 is 5.97 Å². The van der Waals surface area contributed by atoms with E-state index in [1.165, 1.54) is 7.11 Å². The first-order chi connectivity index (χ1) is 8.54. The molecule has 1 rings (SSSR count). The Balaban J connectivity index is 3.00. The van der Waals surface area contributed by atoms with Crippen molar-refractivity contribution in [3.05, 3.63) is 35.9 Å². The summed E-state index contributed by atoms with van der Waals surface area (Å²) >= 11 is 0. The molecule has 1 aromatic carbocycles. The molecule has 0 radical (unpaired) electrons. The molecule has 4 heteroatoms. The summed E-state index contributed by atoms with van der Waals surface area (Å²) in [5.74, 6) is -0.437. The molecular formula is C14H20O4. The minimum Gasteiger partial charge on any atom is -0.466 e. The lowest BCUT2D eigenvalue weighted by Gasteiger charge is -2.32. The molecule has 0 saturated heterocycles. The predicted molar refractivity (Wildman–Crippen MR) is 68.1 cm³/mol. The minimum absolute atomic E-state index is 0.125. The van der Waals surface area contributed by atoms with Crippen LogP contribution in [0.2, 0.25) is 0 Å². The van der Waals surface area contributed by atoms with Crippen molar-refractivity contribution in [2.45, 2.75) is 32.0 Å². The molecule has 0 fully saturated rings. The molecule has 0 aliphatic carbocycles. The van der Waals surface area contributed by atoms with Crippen molar-refractivity contribution < 1.29 is 19.4 Å². The van der Waals surface area contributed by atoms with Gasteiger partial charge in [0.05, 0.1) is 19.1 Å². The van der Waals surface area contributed by atoms with Crippen LogP contribution in [0.1, 0.15) is 25.8 Å². The maximum atomic E-state index is 11.6. The largest absolute Gasteiger partial charge is 0.466 e. The lowest BCUT2D eigenvalue weighted by Crippen LogP contribution is -2.41. The lowest BCUT2D eigenvalue weighted by molar-refractivity contribution is -0.157. The minimum atomic E-state index is -1.37. The Morgan fingerprint density at radius 3 is 2.50 bits per heavy atom. The molecule has 0 spiro atoms. The summed E-state index contributed by atoms with van der Waals surface area (Å²) < 4.78 is 10.1. The first-order valence-electron chi connectivity index (χ1n) is 6.01. The molecule has 4 nitrogen and oxygen atoms in total. The van der Waals surface area contributed by atoms with Crippen molar-refractivity contribution in [2.24, 2.45) is 0 Å². The Bertz CT molecular complexity index is 377. The molecule has 18 heavy (non-hydrogen) atoms. The van der Waals surface area contributed by atoms with Crippen molar-refractivity contribution in [3.63, 3.8) is 0 Å². The molecule has 1 aromatic rings. The molecule has 0 unspecified atom stereocenters. The maximum Gasteiger partial charge on any atom is 0.309 e. The fourth-order valence-corrected chi connectivity index (χ4v) is 1.83. The molecule has 0 amide bonds. The zero-order valence-electron chi connectivity index (χ0n) is 11.1. The van der Waals surface area contributed by atoms with E-state index in [1.54, 1.807) is 26.0 Å². The SMILES string of the molecule is CCOC(=O)C[C@@](O)(c1ccccc1)[C@H](C)OC. The van der Waals surface area contributed by atoms with Crippen LogP contribution < -0.4 is 0 Å². The molecule has 0 heterocycles. The third-order valence-electron chi connectivity index (χ3n) is 3.02. The zero-order chi connectivity index (χ0) is 13.6. The number of benzene rings is 1. The third kappa shape index (κ3) is 3.31. The van der Waals surface area contributed by atoms with Crippen LogP contribution in [0.4, 0.5) is 0 Å². The standard InChI is InChI=1S/C14H20O4/c1-4-18-13(15)10-14(16,11(2)17-3)12-8-6-5-7-9-12/h5-9,11,16H,4,10H2,1-3H3/t11-,14-/m0/s1. The van der Waals surface area contributed by atoms with Crippen molar-refractivity contribution in [3.8, 4) is 0 Å². The van der Waals surface area contributed by atoms with E-state index in [2.05, 4.69) is 0 Å². The summed E-state index contributed by atoms with van der Waals surface area (Å²) in [7, 11) is 1.50. The second-order valence-electron chi connectivity index (χ2n) is 4.15. The van der Waals surface area contributed by atoms with E-state index in [4.69, 9.17) is 9.47 Å². The summed E-state index contributed by atoms with van der Waals surface area (Å²) in [6.07, 6.45) is -0.635. The second kappa shape index (κ2) is 6.52. The van der Waals surface area contributed by atoms with Gasteiger partial charge in [-0.1, -0.05) is 30.3 Å². The third-order valence-corrected chi connectivity index (χ3v) is 3.02. The average Bonchev–Trinajstić information content (AvgIpc) is 2.38. The van der Waals surface area contributed by atoms with Crippen LogP contribution in [0, 0.1) is 0 Å². The Kier molecular flexibility index (Phi) is 5.31. The van der Waals surface area contributed by atoms with Crippen LogP contribution in [0.5, 0.6) is 0 Å². The van der Waals surface area contributed by atoms with Gasteiger partial charge in [-0.15, -0.1) is 0 Å². The molecule has 0 aliphatic rings. The molecular weight excluding hydrogens is 232 g/mol. The number of methoxy groups -OCH3 is 1. The average molecular weight is 252 g/mol. The lowest BCUT2D eigenvalue weighted by atomic mass is 9.85. The van der Waals surface area contributed by atoms with Gasteiger partial charge < -0.3 is 14.6 Å². The number of esters is 1. The van der Waals surface area contributed by atoms with E-state index >= 15 is 0 Å². The smallest absolute Gasteiger partial charge is 0.309 e. The first-order valence-corrected chi connectivity index (χ1v) is 6.01. The van der Waals surface area contributed by atoms with Gasteiger partial charge in [0.1, 0.15) is 5.60 Å². The molecule has 0 bridgehead atoms. The number of rotatable bonds is 6. The van der Waals surface area contributed by atoms with E-state index in [0.717, 1.165) is 0 Å². The van der Waals surface area contributed by atoms with E-state index in [9.17, 15) is 9.90 Å². The number of carbonyl (C=O) groups excluding carboxylic acids is 1. The van der Waals surface area contributed by atoms with Gasteiger partial charge >= 0.3 is 5.97 Å². The highest BCUT2D eigenvalue weighted by molar-refractivity contribution is 5.71. The predicted octanol–water partition coefficient (Wildman–Crippen LogP) is 1.86. The monoisotopic (exact) mass is 252 g/mol. The highest BCUT2D eigenvalue weighted by Gasteiger charge is 2.38. The number of ether oxygens (including phenoxy) is 2. The van der Waals surface area contributed by atoms with Gasteiger partial charge in [0.25, 0.3) is 0 Å². The van der Waals surface area contributed by atoms with Gasteiger partial charge in [0.15, 0.2) is 0 Å². The van der Waals surface area contributed by atoms with Crippen LogP contribution in [-0.4, -0.2) is 30.9 Å². The molecule has 100 valence electrons. The Morgan fingerprint density at radius 2 is 2.00 bits per heavy atom. The normalized spacial score (nSPS) is 15.8. The number of hydrogen-bond acceptors (Lipinski definition) is 4. The summed E-state index contributed by atoms with van der Waals surface area (Å²) in [6.45, 7) is 3.76. The van der Waals surface area contributed by atoms with E-state index in [1.807, 2.05) is 18.2 Å².